The van der Waals surface area contributed by atoms with Gasteiger partial charge in [-0.3, -0.25) is 20.2 Å². The minimum atomic E-state index is -2.11. The lowest BCUT2D eigenvalue weighted by Gasteiger charge is -2.11. The second kappa shape index (κ2) is 6.41. The molecule has 0 radical (unpaired) electrons. The van der Waals surface area contributed by atoms with Crippen molar-refractivity contribution < 1.29 is 19.7 Å². The van der Waals surface area contributed by atoms with Crippen molar-refractivity contribution in [1.82, 2.24) is 0 Å². The van der Waals surface area contributed by atoms with Crippen LogP contribution in [0.1, 0.15) is 11.6 Å². The first kappa shape index (κ1) is 16.4. The van der Waals surface area contributed by atoms with Gasteiger partial charge in [-0.25, -0.2) is 4.79 Å². The zero-order chi connectivity index (χ0) is 17.1. The molecule has 0 saturated heterocycles. The first-order valence-corrected chi connectivity index (χ1v) is 6.59. The summed E-state index contributed by atoms with van der Waals surface area (Å²) in [5, 5.41) is 31.5. The number of carbonyl (C=O) groups is 1. The molecule has 23 heavy (non-hydrogen) atoms. The molecular formula is C14H9ClN2O6. The molecule has 118 valence electrons. The van der Waals surface area contributed by atoms with Gasteiger partial charge in [0.05, 0.1) is 10.5 Å². The third-order valence-electron chi connectivity index (χ3n) is 3.14. The lowest BCUT2D eigenvalue weighted by Crippen LogP contribution is -2.21. The largest absolute Gasteiger partial charge is 0.476 e. The summed E-state index contributed by atoms with van der Waals surface area (Å²) in [6.45, 7) is 0. The van der Waals surface area contributed by atoms with Gasteiger partial charge in [0.25, 0.3) is 5.69 Å². The van der Waals surface area contributed by atoms with E-state index in [1.807, 2.05) is 0 Å². The molecule has 0 aliphatic rings. The highest BCUT2D eigenvalue weighted by molar-refractivity contribution is 6.30. The molecule has 0 aromatic heterocycles. The maximum Gasteiger partial charge on any atom is 0.384 e. The minimum Gasteiger partial charge on any atom is -0.476 e. The van der Waals surface area contributed by atoms with Gasteiger partial charge in [0.15, 0.2) is 0 Å². The van der Waals surface area contributed by atoms with Gasteiger partial charge in [-0.2, -0.15) is 0 Å². The molecule has 8 nitrogen and oxygen atoms in total. The summed E-state index contributed by atoms with van der Waals surface area (Å²) in [4.78, 5) is 31.5. The Hall–Kier alpha value is -3.00. The summed E-state index contributed by atoms with van der Waals surface area (Å²) in [6.07, 6.45) is 0. The number of benzene rings is 2. The molecule has 1 unspecified atom stereocenters. The van der Waals surface area contributed by atoms with Crippen LogP contribution in [0.2, 0.25) is 5.02 Å². The molecular weight excluding hydrogens is 328 g/mol. The Labute approximate surface area is 134 Å². The molecule has 2 aromatic carbocycles. The lowest BCUT2D eigenvalue weighted by atomic mass is 9.94. The Kier molecular flexibility index (Phi) is 4.56. The predicted octanol–water partition coefficient (Wildman–Crippen LogP) is 3.32. The number of non-ortho nitro benzene ring substituents is 1. The van der Waals surface area contributed by atoms with Gasteiger partial charge < -0.3 is 5.11 Å². The number of halogens is 1. The molecule has 1 atom stereocenters. The summed E-state index contributed by atoms with van der Waals surface area (Å²) < 4.78 is 0. The topological polar surface area (TPSA) is 124 Å². The van der Waals surface area contributed by atoms with Gasteiger partial charge in [-0.1, -0.05) is 23.7 Å². The molecule has 2 rings (SSSR count). The number of nitro benzene ring substituents is 1. The monoisotopic (exact) mass is 336 g/mol. The van der Waals surface area contributed by atoms with Crippen LogP contribution >= 0.6 is 11.6 Å². The number of aliphatic carboxylic acids is 1. The summed E-state index contributed by atoms with van der Waals surface area (Å²) in [6, 6.07) is 7.40. The van der Waals surface area contributed by atoms with Crippen LogP contribution in [0.15, 0.2) is 42.5 Å². The van der Waals surface area contributed by atoms with Crippen molar-refractivity contribution in [1.29, 1.82) is 0 Å². The number of hydrogen-bond acceptors (Lipinski definition) is 5. The fraction of sp³-hybridized carbons (Fsp3) is 0.0714. The summed E-state index contributed by atoms with van der Waals surface area (Å²) in [5.74, 6) is -1.70. The van der Waals surface area contributed by atoms with Crippen LogP contribution in [0, 0.1) is 20.2 Å². The molecule has 0 bridgehead atoms. The lowest BCUT2D eigenvalue weighted by molar-refractivity contribution is -0.516. The highest BCUT2D eigenvalue weighted by Gasteiger charge is 2.35. The Bertz CT molecular complexity index is 776. The van der Waals surface area contributed by atoms with Gasteiger partial charge >= 0.3 is 12.0 Å². The van der Waals surface area contributed by atoms with Crippen molar-refractivity contribution >= 4 is 23.3 Å². The Balaban J connectivity index is 2.71. The molecule has 0 heterocycles. The second-order valence-electron chi connectivity index (χ2n) is 4.56. The smallest absolute Gasteiger partial charge is 0.384 e. The molecule has 0 spiro atoms. The Morgan fingerprint density at radius 3 is 2.17 bits per heavy atom. The molecule has 9 heteroatoms. The number of rotatable bonds is 5. The minimum absolute atomic E-state index is 0.219. The van der Waals surface area contributed by atoms with Crippen LogP contribution in [-0.4, -0.2) is 20.9 Å². The molecule has 1 N–H and O–H groups in total. The van der Waals surface area contributed by atoms with Gasteiger partial charge in [-0.05, 0) is 29.3 Å². The number of nitrogens with zero attached hydrogens (tertiary/aromatic N) is 2. The Morgan fingerprint density at radius 1 is 1.09 bits per heavy atom. The number of carboxylic acids is 1. The Morgan fingerprint density at radius 2 is 1.70 bits per heavy atom. The van der Waals surface area contributed by atoms with Crippen LogP contribution in [0.3, 0.4) is 0 Å². The zero-order valence-corrected chi connectivity index (χ0v) is 12.1. The van der Waals surface area contributed by atoms with Crippen molar-refractivity contribution in [3.8, 4) is 11.1 Å². The van der Waals surface area contributed by atoms with E-state index in [9.17, 15) is 25.0 Å². The zero-order valence-electron chi connectivity index (χ0n) is 11.4. The van der Waals surface area contributed by atoms with Crippen molar-refractivity contribution in [3.63, 3.8) is 0 Å². The highest BCUT2D eigenvalue weighted by atomic mass is 35.5. The van der Waals surface area contributed by atoms with Crippen molar-refractivity contribution in [2.75, 3.05) is 0 Å². The van der Waals surface area contributed by atoms with E-state index in [1.165, 1.54) is 18.2 Å². The van der Waals surface area contributed by atoms with Crippen LogP contribution in [0.25, 0.3) is 11.1 Å². The summed E-state index contributed by atoms with van der Waals surface area (Å²) in [5.41, 5.74) is -0.00593. The molecule has 0 fully saturated rings. The third-order valence-corrected chi connectivity index (χ3v) is 3.39. The van der Waals surface area contributed by atoms with E-state index in [-0.39, 0.29) is 11.1 Å². The highest BCUT2D eigenvalue weighted by Crippen LogP contribution is 2.33. The van der Waals surface area contributed by atoms with E-state index in [0.717, 1.165) is 12.1 Å². The first-order valence-electron chi connectivity index (χ1n) is 6.22. The van der Waals surface area contributed by atoms with Crippen molar-refractivity contribution in [2.45, 2.75) is 6.04 Å². The molecule has 0 aliphatic heterocycles. The fourth-order valence-corrected chi connectivity index (χ4v) is 2.25. The quantitative estimate of drug-likeness (QED) is 0.659. The van der Waals surface area contributed by atoms with E-state index in [4.69, 9.17) is 16.7 Å². The van der Waals surface area contributed by atoms with Crippen LogP contribution in [-0.2, 0) is 4.79 Å². The van der Waals surface area contributed by atoms with Gasteiger partial charge in [0.1, 0.15) is 0 Å². The van der Waals surface area contributed by atoms with E-state index in [0.29, 0.717) is 10.6 Å². The summed E-state index contributed by atoms with van der Waals surface area (Å²) >= 11 is 5.78. The normalized spacial score (nSPS) is 11.7. The SMILES string of the molecule is O=C(O)C(c1cc([N+](=O)[O-])ccc1-c1ccc(Cl)cc1)[N+](=O)[O-]. The van der Waals surface area contributed by atoms with Crippen molar-refractivity contribution in [3.05, 3.63) is 73.3 Å². The standard InChI is InChI=1S/C14H9ClN2O6/c15-9-3-1-8(2-4-9)11-6-5-10(16(20)21)7-12(11)13(14(18)19)17(22)23/h1-7,13H,(H,18,19). The first-order chi connectivity index (χ1) is 10.8. The fourth-order valence-electron chi connectivity index (χ4n) is 2.12. The van der Waals surface area contributed by atoms with Gasteiger partial charge in [0.2, 0.25) is 0 Å². The molecule has 0 aliphatic carbocycles. The van der Waals surface area contributed by atoms with Crippen molar-refractivity contribution in [2.24, 2.45) is 0 Å². The van der Waals surface area contributed by atoms with E-state index >= 15 is 0 Å². The van der Waals surface area contributed by atoms with E-state index in [1.54, 1.807) is 12.1 Å². The van der Waals surface area contributed by atoms with Crippen LogP contribution in [0.4, 0.5) is 5.69 Å². The van der Waals surface area contributed by atoms with E-state index in [2.05, 4.69) is 0 Å². The molecule has 2 aromatic rings. The molecule has 0 saturated carbocycles. The van der Waals surface area contributed by atoms with Crippen LogP contribution in [0.5, 0.6) is 0 Å². The maximum atomic E-state index is 11.2. The number of nitro groups is 2. The summed E-state index contributed by atoms with van der Waals surface area (Å²) in [7, 11) is 0. The van der Waals surface area contributed by atoms with Crippen LogP contribution < -0.4 is 0 Å². The van der Waals surface area contributed by atoms with E-state index < -0.39 is 27.5 Å². The third kappa shape index (κ3) is 3.43. The average molecular weight is 337 g/mol. The van der Waals surface area contributed by atoms with Gasteiger partial charge in [-0.15, -0.1) is 0 Å². The average Bonchev–Trinajstić information content (AvgIpc) is 2.47. The number of hydrogen-bond donors (Lipinski definition) is 1. The second-order valence-corrected chi connectivity index (χ2v) is 5.00. The number of carboxylic acid groups (broad SMARTS) is 1. The predicted molar refractivity (Wildman–Crippen MR) is 80.9 cm³/mol. The van der Waals surface area contributed by atoms with Gasteiger partial charge in [0, 0.05) is 22.1 Å². The maximum absolute atomic E-state index is 11.2. The molecule has 0 amide bonds.